The molecule has 0 aliphatic carbocycles. The molecular formula is C18H28N2O2. The maximum atomic E-state index is 5.77. The molecule has 1 aromatic heterocycles. The molecule has 1 heterocycles. The molecule has 2 aromatic rings. The Labute approximate surface area is 133 Å². The zero-order chi connectivity index (χ0) is 15.9. The molecule has 0 atom stereocenters. The molecule has 0 amide bonds. The Balaban J connectivity index is 2.53. The molecule has 2 N–H and O–H groups in total. The van der Waals surface area contributed by atoms with Crippen LogP contribution in [0.25, 0.3) is 10.9 Å². The van der Waals surface area contributed by atoms with E-state index in [0.717, 1.165) is 24.5 Å². The van der Waals surface area contributed by atoms with Crippen LogP contribution in [-0.4, -0.2) is 24.3 Å². The maximum absolute atomic E-state index is 5.77. The monoisotopic (exact) mass is 304 g/mol. The summed E-state index contributed by atoms with van der Waals surface area (Å²) in [5.41, 5.74) is 8.31. The summed E-state index contributed by atoms with van der Waals surface area (Å²) in [5.74, 6) is 1.65. The largest absolute Gasteiger partial charge is 0.490 e. The highest BCUT2D eigenvalue weighted by molar-refractivity contribution is 5.87. The number of fused-ring (bicyclic) bond motifs is 1. The molecule has 2 rings (SSSR count). The van der Waals surface area contributed by atoms with Gasteiger partial charge >= 0.3 is 0 Å². The van der Waals surface area contributed by atoms with E-state index in [4.69, 9.17) is 15.2 Å². The van der Waals surface area contributed by atoms with Crippen molar-refractivity contribution in [1.29, 1.82) is 0 Å². The molecule has 0 aliphatic heterocycles. The van der Waals surface area contributed by atoms with E-state index in [1.54, 1.807) is 0 Å². The van der Waals surface area contributed by atoms with Gasteiger partial charge in [-0.05, 0) is 38.3 Å². The molecule has 22 heavy (non-hydrogen) atoms. The number of ether oxygens (including phenoxy) is 2. The lowest BCUT2D eigenvalue weighted by Crippen LogP contribution is -2.08. The van der Waals surface area contributed by atoms with Crippen LogP contribution in [0.1, 0.15) is 39.2 Å². The van der Waals surface area contributed by atoms with Gasteiger partial charge in [0.2, 0.25) is 0 Å². The minimum Gasteiger partial charge on any atom is -0.490 e. The van der Waals surface area contributed by atoms with E-state index in [0.29, 0.717) is 19.8 Å². The standard InChI is InChI=1S/C18H28N2O2/c1-4-7-8-14-13-20(10-9-19)16-12-18(22-6-3)17(21-5-2)11-15(14)16/h11-13H,4-10,19H2,1-3H3. The van der Waals surface area contributed by atoms with Crippen LogP contribution in [0.4, 0.5) is 0 Å². The van der Waals surface area contributed by atoms with Crippen LogP contribution in [0.3, 0.4) is 0 Å². The fourth-order valence-electron chi connectivity index (χ4n) is 2.80. The van der Waals surface area contributed by atoms with Crippen LogP contribution in [0.5, 0.6) is 11.5 Å². The molecule has 0 spiro atoms. The second-order valence-electron chi connectivity index (χ2n) is 5.42. The van der Waals surface area contributed by atoms with Gasteiger partial charge in [-0.2, -0.15) is 0 Å². The van der Waals surface area contributed by atoms with Crippen molar-refractivity contribution in [2.75, 3.05) is 19.8 Å². The Hall–Kier alpha value is -1.68. The average Bonchev–Trinajstić information content (AvgIpc) is 2.84. The number of nitrogens with two attached hydrogens (primary N) is 1. The highest BCUT2D eigenvalue weighted by Crippen LogP contribution is 2.35. The third-order valence-corrected chi connectivity index (χ3v) is 3.80. The quantitative estimate of drug-likeness (QED) is 0.767. The maximum Gasteiger partial charge on any atom is 0.163 e. The van der Waals surface area contributed by atoms with Crippen molar-refractivity contribution in [2.45, 2.75) is 46.6 Å². The van der Waals surface area contributed by atoms with Gasteiger partial charge in [0.1, 0.15) is 0 Å². The summed E-state index contributed by atoms with van der Waals surface area (Å²) in [6.07, 6.45) is 5.71. The third-order valence-electron chi connectivity index (χ3n) is 3.80. The minimum absolute atomic E-state index is 0.631. The first-order valence-electron chi connectivity index (χ1n) is 8.36. The lowest BCUT2D eigenvalue weighted by Gasteiger charge is -2.12. The molecule has 0 aliphatic rings. The lowest BCUT2D eigenvalue weighted by atomic mass is 10.1. The summed E-state index contributed by atoms with van der Waals surface area (Å²) in [6.45, 7) is 8.93. The highest BCUT2D eigenvalue weighted by atomic mass is 16.5. The normalized spacial score (nSPS) is 11.1. The Morgan fingerprint density at radius 1 is 1.05 bits per heavy atom. The number of aryl methyl sites for hydroxylation is 1. The summed E-state index contributed by atoms with van der Waals surface area (Å²) in [5, 5.41) is 1.26. The summed E-state index contributed by atoms with van der Waals surface area (Å²) in [4.78, 5) is 0. The molecule has 0 fully saturated rings. The number of aromatic nitrogens is 1. The minimum atomic E-state index is 0.631. The zero-order valence-electron chi connectivity index (χ0n) is 14.0. The molecule has 0 bridgehead atoms. The van der Waals surface area contributed by atoms with Crippen molar-refractivity contribution in [2.24, 2.45) is 5.73 Å². The van der Waals surface area contributed by atoms with Crippen molar-refractivity contribution in [3.63, 3.8) is 0 Å². The van der Waals surface area contributed by atoms with Gasteiger partial charge in [0.05, 0.1) is 18.7 Å². The SMILES string of the molecule is CCCCc1cn(CCN)c2cc(OCC)c(OCC)cc12. The Morgan fingerprint density at radius 3 is 2.32 bits per heavy atom. The van der Waals surface area contributed by atoms with E-state index in [1.165, 1.54) is 29.3 Å². The van der Waals surface area contributed by atoms with Gasteiger partial charge in [-0.1, -0.05) is 13.3 Å². The van der Waals surface area contributed by atoms with Crippen LogP contribution in [0.15, 0.2) is 18.3 Å². The average molecular weight is 304 g/mol. The van der Waals surface area contributed by atoms with Crippen molar-refractivity contribution in [3.8, 4) is 11.5 Å². The molecule has 4 nitrogen and oxygen atoms in total. The highest BCUT2D eigenvalue weighted by Gasteiger charge is 2.14. The third kappa shape index (κ3) is 3.55. The van der Waals surface area contributed by atoms with Gasteiger partial charge in [0.15, 0.2) is 11.5 Å². The summed E-state index contributed by atoms with van der Waals surface area (Å²) < 4.78 is 13.8. The predicted molar refractivity (Wildman–Crippen MR) is 91.9 cm³/mol. The van der Waals surface area contributed by atoms with Gasteiger partial charge in [-0.15, -0.1) is 0 Å². The van der Waals surface area contributed by atoms with Crippen LogP contribution >= 0.6 is 0 Å². The van der Waals surface area contributed by atoms with E-state index in [2.05, 4.69) is 29.8 Å². The van der Waals surface area contributed by atoms with Crippen molar-refractivity contribution < 1.29 is 9.47 Å². The van der Waals surface area contributed by atoms with E-state index in [9.17, 15) is 0 Å². The number of hydrogen-bond donors (Lipinski definition) is 1. The number of rotatable bonds is 9. The Morgan fingerprint density at radius 2 is 1.73 bits per heavy atom. The second kappa shape index (κ2) is 8.08. The Kier molecular flexibility index (Phi) is 6.13. The first-order chi connectivity index (χ1) is 10.7. The van der Waals surface area contributed by atoms with Crippen molar-refractivity contribution in [1.82, 2.24) is 4.57 Å². The fraction of sp³-hybridized carbons (Fsp3) is 0.556. The van der Waals surface area contributed by atoms with Gasteiger partial charge in [0.25, 0.3) is 0 Å². The lowest BCUT2D eigenvalue weighted by molar-refractivity contribution is 0.288. The summed E-state index contributed by atoms with van der Waals surface area (Å²) in [7, 11) is 0. The molecule has 0 unspecified atom stereocenters. The molecular weight excluding hydrogens is 276 g/mol. The topological polar surface area (TPSA) is 49.4 Å². The predicted octanol–water partition coefficient (Wildman–Crippen LogP) is 3.74. The van der Waals surface area contributed by atoms with E-state index in [1.807, 2.05) is 13.8 Å². The molecule has 0 saturated carbocycles. The van der Waals surface area contributed by atoms with Gasteiger partial charge < -0.3 is 19.8 Å². The molecule has 1 aromatic carbocycles. The van der Waals surface area contributed by atoms with E-state index < -0.39 is 0 Å². The zero-order valence-corrected chi connectivity index (χ0v) is 14.0. The van der Waals surface area contributed by atoms with Gasteiger partial charge in [0, 0.05) is 30.7 Å². The first kappa shape index (κ1) is 16.7. The number of hydrogen-bond acceptors (Lipinski definition) is 3. The Bertz CT molecular complexity index is 605. The summed E-state index contributed by atoms with van der Waals surface area (Å²) >= 11 is 0. The van der Waals surface area contributed by atoms with Crippen LogP contribution in [0, 0.1) is 0 Å². The number of benzene rings is 1. The van der Waals surface area contributed by atoms with Crippen LogP contribution in [-0.2, 0) is 13.0 Å². The van der Waals surface area contributed by atoms with Crippen molar-refractivity contribution in [3.05, 3.63) is 23.9 Å². The molecule has 0 radical (unpaired) electrons. The van der Waals surface area contributed by atoms with E-state index in [-0.39, 0.29) is 0 Å². The second-order valence-corrected chi connectivity index (χ2v) is 5.42. The van der Waals surface area contributed by atoms with E-state index >= 15 is 0 Å². The number of unbranched alkanes of at least 4 members (excludes halogenated alkanes) is 1. The van der Waals surface area contributed by atoms with Gasteiger partial charge in [-0.25, -0.2) is 0 Å². The molecule has 122 valence electrons. The number of nitrogens with zero attached hydrogens (tertiary/aromatic N) is 1. The smallest absolute Gasteiger partial charge is 0.163 e. The molecule has 4 heteroatoms. The first-order valence-corrected chi connectivity index (χ1v) is 8.36. The van der Waals surface area contributed by atoms with Crippen LogP contribution < -0.4 is 15.2 Å². The van der Waals surface area contributed by atoms with Crippen molar-refractivity contribution >= 4 is 10.9 Å². The summed E-state index contributed by atoms with van der Waals surface area (Å²) in [6, 6.07) is 4.22. The van der Waals surface area contributed by atoms with Gasteiger partial charge in [-0.3, -0.25) is 0 Å². The molecule has 0 saturated heterocycles. The fourth-order valence-corrected chi connectivity index (χ4v) is 2.80. The van der Waals surface area contributed by atoms with Crippen LogP contribution in [0.2, 0.25) is 0 Å².